The van der Waals surface area contributed by atoms with Crippen molar-refractivity contribution in [2.75, 3.05) is 5.73 Å². The second kappa shape index (κ2) is 4.79. The van der Waals surface area contributed by atoms with Crippen molar-refractivity contribution in [2.45, 2.75) is 17.6 Å². The van der Waals surface area contributed by atoms with Crippen LogP contribution in [-0.4, -0.2) is 13.6 Å². The molecule has 0 spiro atoms. The van der Waals surface area contributed by atoms with Gasteiger partial charge in [-0.2, -0.15) is 0 Å². The molecule has 1 atom stereocenters. The van der Waals surface area contributed by atoms with Crippen LogP contribution in [0.5, 0.6) is 0 Å². The summed E-state index contributed by atoms with van der Waals surface area (Å²) in [5, 5.41) is 1.98. The number of nitrogens with two attached hydrogens (primary N) is 1. The van der Waals surface area contributed by atoms with Crippen LogP contribution in [0.25, 0.3) is 4.96 Å². The fourth-order valence-electron chi connectivity index (χ4n) is 1.85. The Morgan fingerprint density at radius 2 is 2.32 bits per heavy atom. The molecule has 2 N–H and O–H groups in total. The quantitative estimate of drug-likeness (QED) is 0.755. The molecule has 0 radical (unpaired) electrons. The number of benzene rings is 1. The van der Waals surface area contributed by atoms with Crippen LogP contribution < -0.4 is 5.73 Å². The Balaban J connectivity index is 1.84. The summed E-state index contributed by atoms with van der Waals surface area (Å²) < 4.78 is 14.3. The number of aromatic nitrogens is 2. The minimum atomic E-state index is -1.09. The number of anilines is 1. The zero-order valence-electron chi connectivity index (χ0n) is 10.4. The summed E-state index contributed by atoms with van der Waals surface area (Å²) in [5.74, 6) is 0.428. The predicted molar refractivity (Wildman–Crippen MR) is 78.8 cm³/mol. The molecule has 1 aromatic carbocycles. The monoisotopic (exact) mass is 291 g/mol. The van der Waals surface area contributed by atoms with Crippen molar-refractivity contribution in [3.8, 4) is 0 Å². The number of fused-ring (bicyclic) bond motifs is 1. The molecule has 0 aliphatic carbocycles. The van der Waals surface area contributed by atoms with E-state index in [2.05, 4.69) is 4.98 Å². The van der Waals surface area contributed by atoms with E-state index in [4.69, 9.17) is 5.73 Å². The zero-order chi connectivity index (χ0) is 13.4. The Morgan fingerprint density at radius 3 is 3.05 bits per heavy atom. The number of thiazole rings is 1. The molecular weight excluding hydrogens is 278 g/mol. The van der Waals surface area contributed by atoms with Crippen LogP contribution >= 0.6 is 11.3 Å². The molecule has 0 aliphatic rings. The lowest BCUT2D eigenvalue weighted by Crippen LogP contribution is -1.98. The van der Waals surface area contributed by atoms with E-state index in [1.807, 2.05) is 41.2 Å². The van der Waals surface area contributed by atoms with Crippen molar-refractivity contribution in [1.29, 1.82) is 0 Å². The summed E-state index contributed by atoms with van der Waals surface area (Å²) in [6.07, 6.45) is 3.88. The van der Waals surface area contributed by atoms with E-state index in [9.17, 15) is 4.21 Å². The van der Waals surface area contributed by atoms with Gasteiger partial charge in [0.05, 0.1) is 22.2 Å². The molecule has 0 saturated carbocycles. The molecule has 3 aromatic rings. The summed E-state index contributed by atoms with van der Waals surface area (Å²) in [4.78, 5) is 6.17. The lowest BCUT2D eigenvalue weighted by Gasteiger charge is -2.04. The summed E-state index contributed by atoms with van der Waals surface area (Å²) in [6, 6.07) is 5.50. The van der Waals surface area contributed by atoms with Crippen LogP contribution in [0.1, 0.15) is 11.3 Å². The Morgan fingerprint density at radius 1 is 1.47 bits per heavy atom. The second-order valence-corrected chi connectivity index (χ2v) is 6.66. The summed E-state index contributed by atoms with van der Waals surface area (Å²) >= 11 is 1.57. The molecule has 6 heteroatoms. The lowest BCUT2D eigenvalue weighted by molar-refractivity contribution is 0.682. The molecule has 0 fully saturated rings. The van der Waals surface area contributed by atoms with Gasteiger partial charge in [0.1, 0.15) is 0 Å². The van der Waals surface area contributed by atoms with Gasteiger partial charge >= 0.3 is 0 Å². The highest BCUT2D eigenvalue weighted by atomic mass is 32.2. The zero-order valence-corrected chi connectivity index (χ0v) is 12.0. The number of nitrogen functional groups attached to an aromatic ring is 1. The van der Waals surface area contributed by atoms with Crippen LogP contribution in [-0.2, 0) is 16.6 Å². The van der Waals surface area contributed by atoms with Gasteiger partial charge in [-0.3, -0.25) is 8.61 Å². The highest BCUT2D eigenvalue weighted by molar-refractivity contribution is 7.84. The van der Waals surface area contributed by atoms with E-state index < -0.39 is 10.8 Å². The van der Waals surface area contributed by atoms with Crippen molar-refractivity contribution in [1.82, 2.24) is 9.38 Å². The smallest absolute Gasteiger partial charge is 0.193 e. The van der Waals surface area contributed by atoms with Crippen LogP contribution in [0, 0.1) is 6.92 Å². The summed E-state index contributed by atoms with van der Waals surface area (Å²) in [7, 11) is -1.09. The number of aryl methyl sites for hydroxylation is 1. The SMILES string of the molecule is Cc1cc(S(=O)Cc2cn3ccsc3n2)ccc1N. The molecule has 2 heterocycles. The third-order valence-corrected chi connectivity index (χ3v) is 5.03. The number of hydrogen-bond donors (Lipinski definition) is 1. The third kappa shape index (κ3) is 2.41. The van der Waals surface area contributed by atoms with Gasteiger partial charge in [-0.05, 0) is 30.7 Å². The molecule has 3 rings (SSSR count). The fourth-order valence-corrected chi connectivity index (χ4v) is 3.67. The number of imidazole rings is 1. The van der Waals surface area contributed by atoms with Gasteiger partial charge in [0.15, 0.2) is 4.96 Å². The standard InChI is InChI=1S/C13H13N3OS2/c1-9-6-11(2-3-12(9)14)19(17)8-10-7-16-4-5-18-13(16)15-10/h2-7H,8,14H2,1H3. The summed E-state index contributed by atoms with van der Waals surface area (Å²) in [5.41, 5.74) is 8.29. The Bertz CT molecular complexity index is 732. The molecule has 19 heavy (non-hydrogen) atoms. The third-order valence-electron chi connectivity index (χ3n) is 2.93. The van der Waals surface area contributed by atoms with Gasteiger partial charge in [0.2, 0.25) is 0 Å². The van der Waals surface area contributed by atoms with Gasteiger partial charge in [0.25, 0.3) is 0 Å². The van der Waals surface area contributed by atoms with E-state index in [0.29, 0.717) is 5.75 Å². The van der Waals surface area contributed by atoms with Crippen molar-refractivity contribution >= 4 is 32.8 Å². The van der Waals surface area contributed by atoms with E-state index in [1.54, 1.807) is 17.4 Å². The molecule has 2 aromatic heterocycles. The maximum absolute atomic E-state index is 12.3. The first-order valence-corrected chi connectivity index (χ1v) is 7.99. The molecular formula is C13H13N3OS2. The number of nitrogens with zero attached hydrogens (tertiary/aromatic N) is 2. The van der Waals surface area contributed by atoms with Crippen molar-refractivity contribution in [3.05, 3.63) is 47.2 Å². The normalized spacial score (nSPS) is 12.9. The molecule has 4 nitrogen and oxygen atoms in total. The molecule has 98 valence electrons. The Kier molecular flexibility index (Phi) is 3.12. The predicted octanol–water partition coefficient (Wildman–Crippen LogP) is 2.59. The van der Waals surface area contributed by atoms with Gasteiger partial charge in [-0.15, -0.1) is 11.3 Å². The molecule has 0 aliphatic heterocycles. The van der Waals surface area contributed by atoms with Crippen LogP contribution in [0.15, 0.2) is 40.9 Å². The van der Waals surface area contributed by atoms with Crippen LogP contribution in [0.2, 0.25) is 0 Å². The first kappa shape index (κ1) is 12.4. The number of hydrogen-bond acceptors (Lipinski definition) is 4. The first-order chi connectivity index (χ1) is 9.13. The van der Waals surface area contributed by atoms with Gasteiger partial charge in [-0.25, -0.2) is 4.98 Å². The van der Waals surface area contributed by atoms with Gasteiger partial charge in [0, 0.05) is 28.4 Å². The molecule has 1 unspecified atom stereocenters. The molecule has 0 amide bonds. The van der Waals surface area contributed by atoms with E-state index >= 15 is 0 Å². The van der Waals surface area contributed by atoms with E-state index in [1.165, 1.54) is 0 Å². The maximum atomic E-state index is 12.3. The average Bonchev–Trinajstić information content (AvgIpc) is 2.93. The fraction of sp³-hybridized carbons (Fsp3) is 0.154. The van der Waals surface area contributed by atoms with E-state index in [0.717, 1.165) is 26.8 Å². The minimum Gasteiger partial charge on any atom is -0.399 e. The average molecular weight is 291 g/mol. The largest absolute Gasteiger partial charge is 0.399 e. The van der Waals surface area contributed by atoms with Crippen molar-refractivity contribution in [3.63, 3.8) is 0 Å². The lowest BCUT2D eigenvalue weighted by atomic mass is 10.2. The Labute approximate surface area is 117 Å². The highest BCUT2D eigenvalue weighted by Crippen LogP contribution is 2.19. The number of rotatable bonds is 3. The molecule has 0 saturated heterocycles. The van der Waals surface area contributed by atoms with Crippen molar-refractivity contribution in [2.24, 2.45) is 0 Å². The second-order valence-electron chi connectivity index (χ2n) is 4.33. The van der Waals surface area contributed by atoms with E-state index in [-0.39, 0.29) is 0 Å². The van der Waals surface area contributed by atoms with Gasteiger partial charge < -0.3 is 5.73 Å². The first-order valence-electron chi connectivity index (χ1n) is 5.79. The van der Waals surface area contributed by atoms with Crippen molar-refractivity contribution < 1.29 is 4.21 Å². The van der Waals surface area contributed by atoms with Crippen LogP contribution in [0.3, 0.4) is 0 Å². The van der Waals surface area contributed by atoms with Crippen LogP contribution in [0.4, 0.5) is 5.69 Å². The molecule has 0 bridgehead atoms. The minimum absolute atomic E-state index is 0.428. The van der Waals surface area contributed by atoms with Gasteiger partial charge in [-0.1, -0.05) is 0 Å². The topological polar surface area (TPSA) is 60.4 Å². The summed E-state index contributed by atoms with van der Waals surface area (Å²) in [6.45, 7) is 1.92. The Hall–Kier alpha value is -1.66. The highest BCUT2D eigenvalue weighted by Gasteiger charge is 2.10. The maximum Gasteiger partial charge on any atom is 0.193 e.